The van der Waals surface area contributed by atoms with Gasteiger partial charge in [-0.3, -0.25) is 0 Å². The number of aryl methyl sites for hydroxylation is 2. The van der Waals surface area contributed by atoms with E-state index in [1.165, 1.54) is 24.3 Å². The van der Waals surface area contributed by atoms with Crippen LogP contribution in [0.15, 0.2) is 188 Å². The number of alkyl halides is 6. The van der Waals surface area contributed by atoms with Crippen molar-refractivity contribution in [2.75, 3.05) is 9.80 Å². The number of para-hydroxylation sites is 2. The van der Waals surface area contributed by atoms with Crippen LogP contribution >= 0.6 is 0 Å². The molecule has 0 saturated heterocycles. The summed E-state index contributed by atoms with van der Waals surface area (Å²) in [6.07, 6.45) is -9.55. The number of benzene rings is 10. The molecule has 338 valence electrons. The van der Waals surface area contributed by atoms with Crippen molar-refractivity contribution in [2.45, 2.75) is 52.4 Å². The highest BCUT2D eigenvalue weighted by Crippen LogP contribution is 2.54. The third-order valence-corrected chi connectivity index (χ3v) is 13.0. The quantitative estimate of drug-likeness (QED) is 0.111. The lowest BCUT2D eigenvalue weighted by molar-refractivity contribution is -0.137. The zero-order chi connectivity index (χ0) is 47.7. The molecule has 0 aromatic heterocycles. The molecule has 0 saturated carbocycles. The molecule has 0 spiro atoms. The smallest absolute Gasteiger partial charge is 0.309 e. The van der Waals surface area contributed by atoms with Gasteiger partial charge in [0, 0.05) is 27.5 Å². The summed E-state index contributed by atoms with van der Waals surface area (Å²) in [5, 5.41) is 4.64. The Labute approximate surface area is 391 Å². The first-order valence-corrected chi connectivity index (χ1v) is 22.5. The number of halogens is 6. The minimum atomic E-state index is -4.78. The SMILES string of the molecule is Cc1ccc(-c2ccccc2)cc1N(c1ccccc1C(F)(F)F)c1cc(N(c2cc(-c3ccccc3)ccc2C)c2ccccc2C(F)(F)F)c2ccc3cc(C(C)(C)C)cc4ccc1c2c43. The van der Waals surface area contributed by atoms with E-state index in [0.29, 0.717) is 50.0 Å². The summed E-state index contributed by atoms with van der Waals surface area (Å²) < 4.78 is 93.3. The van der Waals surface area contributed by atoms with Gasteiger partial charge in [-0.05, 0) is 117 Å². The molecule has 0 heterocycles. The fourth-order valence-corrected chi connectivity index (χ4v) is 9.60. The molecule has 0 unspecified atom stereocenters. The van der Waals surface area contributed by atoms with Gasteiger partial charge in [-0.1, -0.05) is 166 Å². The summed E-state index contributed by atoms with van der Waals surface area (Å²) in [4.78, 5) is 3.31. The fourth-order valence-electron chi connectivity index (χ4n) is 9.60. The second-order valence-electron chi connectivity index (χ2n) is 18.5. The van der Waals surface area contributed by atoms with Gasteiger partial charge in [-0.15, -0.1) is 0 Å². The molecule has 8 heteroatoms. The van der Waals surface area contributed by atoms with Gasteiger partial charge in [0.2, 0.25) is 0 Å². The maximum Gasteiger partial charge on any atom is 0.418 e. The highest BCUT2D eigenvalue weighted by Gasteiger charge is 2.39. The van der Waals surface area contributed by atoms with E-state index in [1.807, 2.05) is 135 Å². The van der Waals surface area contributed by atoms with Crippen LogP contribution in [0.2, 0.25) is 0 Å². The third-order valence-electron chi connectivity index (χ3n) is 13.0. The first-order valence-electron chi connectivity index (χ1n) is 22.5. The van der Waals surface area contributed by atoms with Crippen molar-refractivity contribution in [2.24, 2.45) is 0 Å². The summed E-state index contributed by atoms with van der Waals surface area (Å²) in [6.45, 7) is 10.1. The van der Waals surface area contributed by atoms with E-state index < -0.39 is 23.5 Å². The van der Waals surface area contributed by atoms with Crippen LogP contribution in [0.4, 0.5) is 60.5 Å². The third kappa shape index (κ3) is 7.87. The van der Waals surface area contributed by atoms with Crippen molar-refractivity contribution in [3.05, 3.63) is 216 Å². The van der Waals surface area contributed by atoms with Crippen LogP contribution in [0.5, 0.6) is 0 Å². The van der Waals surface area contributed by atoms with Crippen molar-refractivity contribution in [1.82, 2.24) is 0 Å². The lowest BCUT2D eigenvalue weighted by atomic mass is 9.83. The molecule has 0 fully saturated rings. The van der Waals surface area contributed by atoms with Crippen molar-refractivity contribution in [3.8, 4) is 22.3 Å². The summed E-state index contributed by atoms with van der Waals surface area (Å²) in [5.41, 5.74) is 5.22. The average Bonchev–Trinajstić information content (AvgIpc) is 3.32. The molecular weight excluding hydrogens is 863 g/mol. The molecule has 10 rings (SSSR count). The Kier molecular flexibility index (Phi) is 10.8. The van der Waals surface area contributed by atoms with Crippen molar-refractivity contribution < 1.29 is 26.3 Å². The van der Waals surface area contributed by atoms with E-state index in [4.69, 9.17) is 0 Å². The predicted octanol–water partition coefficient (Wildman–Crippen LogP) is 18.8. The summed E-state index contributed by atoms with van der Waals surface area (Å²) in [6, 6.07) is 55.7. The normalized spacial score (nSPS) is 12.3. The topological polar surface area (TPSA) is 6.48 Å². The Morgan fingerprint density at radius 2 is 0.735 bits per heavy atom. The maximum absolute atomic E-state index is 15.5. The maximum atomic E-state index is 15.5. The van der Waals surface area contributed by atoms with Gasteiger partial charge in [0.25, 0.3) is 0 Å². The van der Waals surface area contributed by atoms with Crippen LogP contribution in [0.25, 0.3) is 54.6 Å². The van der Waals surface area contributed by atoms with Crippen LogP contribution in [-0.2, 0) is 17.8 Å². The largest absolute Gasteiger partial charge is 0.418 e. The zero-order valence-electron chi connectivity index (χ0n) is 38.1. The summed E-state index contributed by atoms with van der Waals surface area (Å²) >= 11 is 0. The zero-order valence-corrected chi connectivity index (χ0v) is 38.1. The van der Waals surface area contributed by atoms with Gasteiger partial charge in [0.1, 0.15) is 0 Å². The van der Waals surface area contributed by atoms with Crippen LogP contribution in [0.1, 0.15) is 48.6 Å². The molecule has 0 aliphatic carbocycles. The molecule has 10 aromatic rings. The number of rotatable bonds is 8. The summed E-state index contributed by atoms with van der Waals surface area (Å²) in [5.74, 6) is 0. The first kappa shape index (κ1) is 44.3. The molecule has 2 nitrogen and oxygen atoms in total. The number of anilines is 6. The molecule has 0 atom stereocenters. The Morgan fingerprint density at radius 3 is 1.13 bits per heavy atom. The van der Waals surface area contributed by atoms with Crippen LogP contribution in [-0.4, -0.2) is 0 Å². The van der Waals surface area contributed by atoms with Crippen LogP contribution in [0, 0.1) is 13.8 Å². The first-order chi connectivity index (χ1) is 32.5. The molecule has 0 bridgehead atoms. The van der Waals surface area contributed by atoms with Crippen LogP contribution < -0.4 is 9.80 Å². The van der Waals surface area contributed by atoms with E-state index in [9.17, 15) is 0 Å². The van der Waals surface area contributed by atoms with E-state index in [0.717, 1.165) is 56.1 Å². The number of hydrogen-bond acceptors (Lipinski definition) is 2. The van der Waals surface area contributed by atoms with Gasteiger partial charge in [0.05, 0.1) is 33.9 Å². The molecule has 0 N–H and O–H groups in total. The average molecular weight is 909 g/mol. The van der Waals surface area contributed by atoms with Gasteiger partial charge in [-0.2, -0.15) is 26.3 Å². The van der Waals surface area contributed by atoms with Gasteiger partial charge < -0.3 is 9.80 Å². The Morgan fingerprint density at radius 1 is 0.338 bits per heavy atom. The monoisotopic (exact) mass is 908 g/mol. The van der Waals surface area contributed by atoms with E-state index in [2.05, 4.69) is 32.9 Å². The fraction of sp³-hybridized carbons (Fsp3) is 0.133. The Bertz CT molecular complexity index is 3280. The summed E-state index contributed by atoms with van der Waals surface area (Å²) in [7, 11) is 0. The second kappa shape index (κ2) is 16.6. The molecular formula is C60H46F6N2. The Balaban J connectivity index is 1.40. The molecule has 0 aliphatic heterocycles. The van der Waals surface area contributed by atoms with E-state index in [-0.39, 0.29) is 16.8 Å². The second-order valence-corrected chi connectivity index (χ2v) is 18.5. The molecule has 0 radical (unpaired) electrons. The van der Waals surface area contributed by atoms with Crippen molar-refractivity contribution >= 4 is 66.4 Å². The van der Waals surface area contributed by atoms with Gasteiger partial charge >= 0.3 is 12.4 Å². The van der Waals surface area contributed by atoms with E-state index >= 15 is 26.3 Å². The Hall–Kier alpha value is -7.58. The highest BCUT2D eigenvalue weighted by molar-refractivity contribution is 6.29. The van der Waals surface area contributed by atoms with Crippen molar-refractivity contribution in [3.63, 3.8) is 0 Å². The number of nitrogens with zero attached hydrogens (tertiary/aromatic N) is 2. The molecule has 10 aromatic carbocycles. The standard InChI is InChI=1S/C60H46F6N2/c1-37-24-26-41(39-16-8-6-9-17-39)34-52(37)67(50-22-14-12-20-48(50)59(61,62)63)54-36-55(47-31-29-44-33-45(58(3,4)5)32-43-28-30-46(54)57(47)56(43)44)68(51-23-15-13-21-49(51)60(64,65)66)53-35-42(27-25-38(53)2)40-18-10-7-11-19-40/h6-36H,1-5H3. The molecule has 0 aliphatic rings. The van der Waals surface area contributed by atoms with Gasteiger partial charge in [0.15, 0.2) is 0 Å². The number of hydrogen-bond donors (Lipinski definition) is 0. The molecule has 68 heavy (non-hydrogen) atoms. The highest BCUT2D eigenvalue weighted by atomic mass is 19.4. The minimum absolute atomic E-state index is 0.131. The molecule has 0 amide bonds. The predicted molar refractivity (Wildman–Crippen MR) is 269 cm³/mol. The van der Waals surface area contributed by atoms with Crippen LogP contribution in [0.3, 0.4) is 0 Å². The van der Waals surface area contributed by atoms with E-state index in [1.54, 1.807) is 28.0 Å². The lowest BCUT2D eigenvalue weighted by Crippen LogP contribution is -2.20. The minimum Gasteiger partial charge on any atom is -0.309 e. The lowest BCUT2D eigenvalue weighted by Gasteiger charge is -2.35. The van der Waals surface area contributed by atoms with Crippen molar-refractivity contribution in [1.29, 1.82) is 0 Å². The van der Waals surface area contributed by atoms with Gasteiger partial charge in [-0.25, -0.2) is 0 Å².